The predicted octanol–water partition coefficient (Wildman–Crippen LogP) is 1.78. The van der Waals surface area contributed by atoms with Gasteiger partial charge in [0.25, 0.3) is 0 Å². The molecule has 1 aliphatic rings. The van der Waals surface area contributed by atoms with Crippen LogP contribution in [0.25, 0.3) is 0 Å². The van der Waals surface area contributed by atoms with Crippen molar-refractivity contribution in [2.45, 2.75) is 51.6 Å². The molecule has 2 unspecified atom stereocenters. The molecule has 0 aliphatic heterocycles. The second-order valence-electron chi connectivity index (χ2n) is 6.21. The highest BCUT2D eigenvalue weighted by molar-refractivity contribution is 4.86. The summed E-state index contributed by atoms with van der Waals surface area (Å²) in [6.07, 6.45) is 5.18. The SMILES string of the molecule is CC(C)CN(CCN(C)C)C1CCCCC1N. The third-order valence-corrected chi connectivity index (χ3v) is 3.68. The molecule has 3 nitrogen and oxygen atoms in total. The van der Waals surface area contributed by atoms with Gasteiger partial charge in [-0.15, -0.1) is 0 Å². The van der Waals surface area contributed by atoms with E-state index < -0.39 is 0 Å². The molecule has 0 aromatic carbocycles. The summed E-state index contributed by atoms with van der Waals surface area (Å²) in [7, 11) is 4.29. The van der Waals surface area contributed by atoms with Crippen LogP contribution in [0.5, 0.6) is 0 Å². The first-order valence-electron chi connectivity index (χ1n) is 7.15. The van der Waals surface area contributed by atoms with E-state index in [1.807, 2.05) is 0 Å². The summed E-state index contributed by atoms with van der Waals surface area (Å²) in [5.74, 6) is 0.728. The Kier molecular flexibility index (Phi) is 6.45. The highest BCUT2D eigenvalue weighted by Gasteiger charge is 2.27. The average Bonchev–Trinajstić information content (AvgIpc) is 2.24. The van der Waals surface area contributed by atoms with E-state index in [9.17, 15) is 0 Å². The van der Waals surface area contributed by atoms with Crippen molar-refractivity contribution >= 4 is 0 Å². The Bertz CT molecular complexity index is 204. The van der Waals surface area contributed by atoms with Crippen LogP contribution < -0.4 is 5.73 Å². The highest BCUT2D eigenvalue weighted by Crippen LogP contribution is 2.22. The van der Waals surface area contributed by atoms with Crippen LogP contribution >= 0.6 is 0 Å². The summed E-state index contributed by atoms with van der Waals surface area (Å²) in [5.41, 5.74) is 6.31. The van der Waals surface area contributed by atoms with Crippen LogP contribution in [0.3, 0.4) is 0 Å². The number of likely N-dealkylation sites (N-methyl/N-ethyl adjacent to an activating group) is 1. The molecule has 1 saturated carbocycles. The summed E-state index contributed by atoms with van der Waals surface area (Å²) in [6.45, 7) is 8.08. The average molecular weight is 241 g/mol. The fourth-order valence-electron chi connectivity index (χ4n) is 2.78. The minimum absolute atomic E-state index is 0.393. The monoisotopic (exact) mass is 241 g/mol. The van der Waals surface area contributed by atoms with Crippen molar-refractivity contribution in [1.82, 2.24) is 9.80 Å². The van der Waals surface area contributed by atoms with Crippen LogP contribution in [0.15, 0.2) is 0 Å². The van der Waals surface area contributed by atoms with E-state index in [4.69, 9.17) is 5.73 Å². The normalized spacial score (nSPS) is 26.1. The zero-order chi connectivity index (χ0) is 12.8. The Morgan fingerprint density at radius 2 is 1.76 bits per heavy atom. The van der Waals surface area contributed by atoms with Crippen molar-refractivity contribution in [2.75, 3.05) is 33.7 Å². The van der Waals surface area contributed by atoms with Crippen molar-refractivity contribution in [2.24, 2.45) is 11.7 Å². The van der Waals surface area contributed by atoms with Gasteiger partial charge in [-0.05, 0) is 32.9 Å². The zero-order valence-corrected chi connectivity index (χ0v) is 12.2. The summed E-state index contributed by atoms with van der Waals surface area (Å²) in [4.78, 5) is 4.90. The molecular formula is C14H31N3. The van der Waals surface area contributed by atoms with Gasteiger partial charge in [0.05, 0.1) is 0 Å². The second-order valence-corrected chi connectivity index (χ2v) is 6.21. The van der Waals surface area contributed by atoms with Gasteiger partial charge in [0.15, 0.2) is 0 Å². The van der Waals surface area contributed by atoms with Gasteiger partial charge in [-0.2, -0.15) is 0 Å². The molecule has 102 valence electrons. The fraction of sp³-hybridized carbons (Fsp3) is 1.00. The minimum Gasteiger partial charge on any atom is -0.326 e. The predicted molar refractivity (Wildman–Crippen MR) is 75.2 cm³/mol. The molecule has 3 heteroatoms. The maximum Gasteiger partial charge on any atom is 0.0247 e. The maximum absolute atomic E-state index is 6.31. The Hall–Kier alpha value is -0.120. The van der Waals surface area contributed by atoms with Gasteiger partial charge in [0, 0.05) is 31.7 Å². The summed E-state index contributed by atoms with van der Waals surface area (Å²) in [5, 5.41) is 0. The van der Waals surface area contributed by atoms with E-state index in [2.05, 4.69) is 37.7 Å². The molecule has 17 heavy (non-hydrogen) atoms. The molecule has 1 rings (SSSR count). The number of rotatable bonds is 6. The summed E-state index contributed by atoms with van der Waals surface area (Å²) in [6, 6.07) is 1.01. The van der Waals surface area contributed by atoms with Crippen LogP contribution in [0.2, 0.25) is 0 Å². The molecule has 1 aliphatic carbocycles. The second kappa shape index (κ2) is 7.34. The third kappa shape index (κ3) is 5.36. The number of nitrogens with two attached hydrogens (primary N) is 1. The molecule has 0 radical (unpaired) electrons. The lowest BCUT2D eigenvalue weighted by molar-refractivity contribution is 0.114. The van der Waals surface area contributed by atoms with Gasteiger partial charge >= 0.3 is 0 Å². The number of hydrogen-bond acceptors (Lipinski definition) is 3. The lowest BCUT2D eigenvalue weighted by atomic mass is 9.89. The summed E-state index contributed by atoms with van der Waals surface area (Å²) < 4.78 is 0. The number of hydrogen-bond donors (Lipinski definition) is 1. The molecule has 2 N–H and O–H groups in total. The first-order valence-corrected chi connectivity index (χ1v) is 7.15. The Morgan fingerprint density at radius 3 is 2.29 bits per heavy atom. The topological polar surface area (TPSA) is 32.5 Å². The smallest absolute Gasteiger partial charge is 0.0247 e. The maximum atomic E-state index is 6.31. The van der Waals surface area contributed by atoms with Gasteiger partial charge < -0.3 is 10.6 Å². The molecule has 0 spiro atoms. The first kappa shape index (κ1) is 14.9. The van der Waals surface area contributed by atoms with E-state index >= 15 is 0 Å². The van der Waals surface area contributed by atoms with Crippen LogP contribution in [-0.2, 0) is 0 Å². The van der Waals surface area contributed by atoms with E-state index in [-0.39, 0.29) is 0 Å². The Labute approximate surface area is 107 Å². The molecule has 1 fully saturated rings. The van der Waals surface area contributed by atoms with Crippen molar-refractivity contribution in [3.63, 3.8) is 0 Å². The minimum atomic E-state index is 0.393. The van der Waals surface area contributed by atoms with Gasteiger partial charge in [0.2, 0.25) is 0 Å². The molecule has 0 bridgehead atoms. The first-order chi connectivity index (χ1) is 8.00. The van der Waals surface area contributed by atoms with Gasteiger partial charge in [-0.3, -0.25) is 4.90 Å². The van der Waals surface area contributed by atoms with Crippen LogP contribution in [0, 0.1) is 5.92 Å². The van der Waals surface area contributed by atoms with Gasteiger partial charge in [-0.25, -0.2) is 0 Å². The van der Waals surface area contributed by atoms with E-state index in [0.29, 0.717) is 12.1 Å². The quantitative estimate of drug-likeness (QED) is 0.769. The van der Waals surface area contributed by atoms with Crippen molar-refractivity contribution in [1.29, 1.82) is 0 Å². The lowest BCUT2D eigenvalue weighted by Gasteiger charge is -2.39. The molecule has 0 heterocycles. The van der Waals surface area contributed by atoms with Gasteiger partial charge in [0.1, 0.15) is 0 Å². The van der Waals surface area contributed by atoms with Crippen LogP contribution in [-0.4, -0.2) is 55.6 Å². The van der Waals surface area contributed by atoms with Crippen molar-refractivity contribution < 1.29 is 0 Å². The van der Waals surface area contributed by atoms with E-state index in [1.54, 1.807) is 0 Å². The molecule has 0 saturated heterocycles. The standard InChI is InChI=1S/C14H31N3/c1-12(2)11-17(10-9-16(3)4)14-8-6-5-7-13(14)15/h12-14H,5-11,15H2,1-4H3. The van der Waals surface area contributed by atoms with Gasteiger partial charge in [-0.1, -0.05) is 26.7 Å². The largest absolute Gasteiger partial charge is 0.326 e. The van der Waals surface area contributed by atoms with Crippen LogP contribution in [0.4, 0.5) is 0 Å². The number of nitrogens with zero attached hydrogens (tertiary/aromatic N) is 2. The van der Waals surface area contributed by atoms with E-state index in [1.165, 1.54) is 32.2 Å². The molecular weight excluding hydrogens is 210 g/mol. The molecule has 0 aromatic rings. The molecule has 0 aromatic heterocycles. The Morgan fingerprint density at radius 1 is 1.12 bits per heavy atom. The molecule has 2 atom stereocenters. The zero-order valence-electron chi connectivity index (χ0n) is 12.2. The van der Waals surface area contributed by atoms with E-state index in [0.717, 1.165) is 19.0 Å². The fourth-order valence-corrected chi connectivity index (χ4v) is 2.78. The molecule has 0 amide bonds. The van der Waals surface area contributed by atoms with Crippen molar-refractivity contribution in [3.05, 3.63) is 0 Å². The van der Waals surface area contributed by atoms with Crippen molar-refractivity contribution in [3.8, 4) is 0 Å². The highest BCUT2D eigenvalue weighted by atomic mass is 15.2. The summed E-state index contributed by atoms with van der Waals surface area (Å²) >= 11 is 0. The third-order valence-electron chi connectivity index (χ3n) is 3.68. The lowest BCUT2D eigenvalue weighted by Crippen LogP contribution is -2.52. The Balaban J connectivity index is 2.53. The van der Waals surface area contributed by atoms with Crippen LogP contribution in [0.1, 0.15) is 39.5 Å².